The number of thioether (sulfide) groups is 1. The fourth-order valence-electron chi connectivity index (χ4n) is 2.89. The van der Waals surface area contributed by atoms with Crippen LogP contribution in [0.3, 0.4) is 0 Å². The minimum Gasteiger partial charge on any atom is -0.311 e. The summed E-state index contributed by atoms with van der Waals surface area (Å²) < 4.78 is 25.7. The third kappa shape index (κ3) is 4.62. The van der Waals surface area contributed by atoms with Gasteiger partial charge in [0.1, 0.15) is 0 Å². The molecule has 2 aliphatic heterocycles. The molecule has 2 rings (SSSR count). The molecule has 0 spiro atoms. The first-order valence-corrected chi connectivity index (χ1v) is 10.2. The van der Waals surface area contributed by atoms with E-state index in [0.717, 1.165) is 12.8 Å². The lowest BCUT2D eigenvalue weighted by Gasteiger charge is -2.35. The fourth-order valence-corrected chi connectivity index (χ4v) is 5.53. The number of hydrogen-bond acceptors (Lipinski definition) is 4. The highest BCUT2D eigenvalue weighted by Crippen LogP contribution is 2.20. The Morgan fingerprint density at radius 1 is 1.11 bits per heavy atom. The van der Waals surface area contributed by atoms with Gasteiger partial charge in [-0.2, -0.15) is 11.8 Å². The van der Waals surface area contributed by atoms with Gasteiger partial charge in [0.05, 0.1) is 5.75 Å². The molecule has 0 aromatic carbocycles. The largest absolute Gasteiger partial charge is 0.311 e. The Morgan fingerprint density at radius 3 is 2.26 bits per heavy atom. The lowest BCUT2D eigenvalue weighted by molar-refractivity contribution is 0.268. The van der Waals surface area contributed by atoms with Crippen LogP contribution in [0.15, 0.2) is 0 Å². The quantitative estimate of drug-likeness (QED) is 0.839. The number of sulfonamides is 1. The Morgan fingerprint density at radius 2 is 1.68 bits per heavy atom. The molecule has 0 saturated carbocycles. The lowest BCUT2D eigenvalue weighted by atomic mass is 10.0. The van der Waals surface area contributed by atoms with Gasteiger partial charge in [-0.05, 0) is 43.6 Å². The molecule has 0 aliphatic carbocycles. The summed E-state index contributed by atoms with van der Waals surface area (Å²) in [5, 5.41) is 3.73. The summed E-state index contributed by atoms with van der Waals surface area (Å²) in [7, 11) is -2.99. The van der Waals surface area contributed by atoms with Crippen molar-refractivity contribution in [3.05, 3.63) is 0 Å². The monoisotopic (exact) mass is 306 g/mol. The maximum absolute atomic E-state index is 12.0. The molecular weight excluding hydrogens is 280 g/mol. The van der Waals surface area contributed by atoms with Crippen molar-refractivity contribution in [3.63, 3.8) is 0 Å². The molecule has 2 fully saturated rings. The van der Waals surface area contributed by atoms with E-state index in [-0.39, 0.29) is 0 Å². The summed E-state index contributed by atoms with van der Waals surface area (Å²) in [6.45, 7) is 3.32. The van der Waals surface area contributed by atoms with Gasteiger partial charge in [0.2, 0.25) is 10.0 Å². The number of nitrogens with zero attached hydrogens (tertiary/aromatic N) is 1. The molecule has 0 bridgehead atoms. The lowest BCUT2D eigenvalue weighted by Crippen LogP contribution is -2.48. The Bertz CT molecular complexity index is 359. The van der Waals surface area contributed by atoms with Gasteiger partial charge in [0, 0.05) is 25.2 Å². The summed E-state index contributed by atoms with van der Waals surface area (Å²) in [5.41, 5.74) is 0. The van der Waals surface area contributed by atoms with Crippen molar-refractivity contribution >= 4 is 21.8 Å². The topological polar surface area (TPSA) is 49.4 Å². The highest BCUT2D eigenvalue weighted by atomic mass is 32.2. The minimum absolute atomic E-state index is 0.297. The molecule has 2 aliphatic rings. The van der Waals surface area contributed by atoms with Gasteiger partial charge < -0.3 is 5.32 Å². The molecule has 0 unspecified atom stereocenters. The van der Waals surface area contributed by atoms with Crippen LogP contribution in [0.25, 0.3) is 0 Å². The first kappa shape index (κ1) is 15.6. The molecule has 0 radical (unpaired) electrons. The van der Waals surface area contributed by atoms with Gasteiger partial charge in [-0.3, -0.25) is 0 Å². The van der Waals surface area contributed by atoms with Crippen LogP contribution in [-0.4, -0.2) is 55.2 Å². The van der Waals surface area contributed by atoms with Crippen LogP contribution in [0.2, 0.25) is 0 Å². The molecule has 0 amide bonds. The molecule has 0 aromatic heterocycles. The summed E-state index contributed by atoms with van der Waals surface area (Å²) >= 11 is 2.04. The average Bonchev–Trinajstić information content (AvgIpc) is 2.40. The van der Waals surface area contributed by atoms with Gasteiger partial charge in [-0.15, -0.1) is 0 Å². The van der Waals surface area contributed by atoms with Crippen LogP contribution in [0.5, 0.6) is 0 Å². The van der Waals surface area contributed by atoms with Crippen LogP contribution in [0.4, 0.5) is 0 Å². The second-order valence-corrected chi connectivity index (χ2v) is 8.86. The maximum Gasteiger partial charge on any atom is 0.214 e. The van der Waals surface area contributed by atoms with Gasteiger partial charge in [-0.1, -0.05) is 6.92 Å². The highest BCUT2D eigenvalue weighted by Gasteiger charge is 2.28. The van der Waals surface area contributed by atoms with E-state index in [2.05, 4.69) is 5.32 Å². The maximum atomic E-state index is 12.0. The molecule has 6 heteroatoms. The first-order valence-electron chi connectivity index (χ1n) is 7.43. The van der Waals surface area contributed by atoms with Crippen molar-refractivity contribution < 1.29 is 8.42 Å². The van der Waals surface area contributed by atoms with Gasteiger partial charge in [0.15, 0.2) is 0 Å². The van der Waals surface area contributed by atoms with Crippen LogP contribution in [0.1, 0.15) is 39.0 Å². The van der Waals surface area contributed by atoms with Crippen molar-refractivity contribution in [2.75, 3.05) is 30.3 Å². The minimum atomic E-state index is -2.99. The second-order valence-electron chi connectivity index (χ2n) is 5.54. The fraction of sp³-hybridized carbons (Fsp3) is 1.00. The Balaban J connectivity index is 1.75. The molecule has 19 heavy (non-hydrogen) atoms. The zero-order chi connectivity index (χ0) is 13.7. The smallest absolute Gasteiger partial charge is 0.214 e. The summed E-state index contributed by atoms with van der Waals surface area (Å²) in [6, 6.07) is 1.17. The van der Waals surface area contributed by atoms with E-state index < -0.39 is 10.0 Å². The molecule has 2 heterocycles. The third-order valence-corrected chi connectivity index (χ3v) is 7.13. The van der Waals surface area contributed by atoms with Crippen molar-refractivity contribution in [2.45, 2.75) is 51.1 Å². The van der Waals surface area contributed by atoms with E-state index in [1.165, 1.54) is 24.3 Å². The molecule has 4 nitrogen and oxygen atoms in total. The van der Waals surface area contributed by atoms with Crippen molar-refractivity contribution in [1.82, 2.24) is 9.62 Å². The zero-order valence-corrected chi connectivity index (χ0v) is 13.4. The van der Waals surface area contributed by atoms with Crippen LogP contribution in [0, 0.1) is 0 Å². The van der Waals surface area contributed by atoms with E-state index in [1.807, 2.05) is 18.7 Å². The summed E-state index contributed by atoms with van der Waals surface area (Å²) in [6.07, 6.45) is 5.16. The highest BCUT2D eigenvalue weighted by molar-refractivity contribution is 7.99. The number of piperidine rings is 1. The molecule has 0 aromatic rings. The normalized spacial score (nSPS) is 24.7. The van der Waals surface area contributed by atoms with Crippen LogP contribution in [-0.2, 0) is 10.0 Å². The molecule has 0 atom stereocenters. The predicted molar refractivity (Wildman–Crippen MR) is 82.2 cm³/mol. The van der Waals surface area contributed by atoms with Crippen LogP contribution < -0.4 is 5.32 Å². The van der Waals surface area contributed by atoms with E-state index in [9.17, 15) is 8.42 Å². The number of nitrogens with one attached hydrogen (secondary N) is 1. The van der Waals surface area contributed by atoms with E-state index in [0.29, 0.717) is 37.3 Å². The Hall–Kier alpha value is 0.220. The zero-order valence-electron chi connectivity index (χ0n) is 11.8. The van der Waals surface area contributed by atoms with Gasteiger partial charge >= 0.3 is 0 Å². The van der Waals surface area contributed by atoms with E-state index >= 15 is 0 Å². The summed E-state index contributed by atoms with van der Waals surface area (Å²) in [5.74, 6) is 2.83. The number of rotatable bonds is 5. The van der Waals surface area contributed by atoms with Crippen molar-refractivity contribution in [1.29, 1.82) is 0 Å². The van der Waals surface area contributed by atoms with Gasteiger partial charge in [-0.25, -0.2) is 12.7 Å². The standard InChI is InChI=1S/C13H26N2O2S2/c1-2-11-19(16,17)15-7-3-12(4-8-15)14-13-5-9-18-10-6-13/h12-14H,2-11H2,1H3. The molecule has 1 N–H and O–H groups in total. The van der Waals surface area contributed by atoms with Crippen LogP contribution >= 0.6 is 11.8 Å². The average molecular weight is 306 g/mol. The SMILES string of the molecule is CCCS(=O)(=O)N1CCC(NC2CCSCC2)CC1. The molecular formula is C13H26N2O2S2. The predicted octanol–water partition coefficient (Wildman–Crippen LogP) is 1.68. The van der Waals surface area contributed by atoms with E-state index in [1.54, 1.807) is 4.31 Å². The third-order valence-electron chi connectivity index (χ3n) is 4.00. The molecule has 112 valence electrons. The first-order chi connectivity index (χ1) is 9.12. The number of hydrogen-bond donors (Lipinski definition) is 1. The van der Waals surface area contributed by atoms with E-state index in [4.69, 9.17) is 0 Å². The molecule has 2 saturated heterocycles. The van der Waals surface area contributed by atoms with Gasteiger partial charge in [0.25, 0.3) is 0 Å². The van der Waals surface area contributed by atoms with Crippen molar-refractivity contribution in [3.8, 4) is 0 Å². The summed E-state index contributed by atoms with van der Waals surface area (Å²) in [4.78, 5) is 0. The Labute approximate surface area is 121 Å². The second kappa shape index (κ2) is 7.29. The Kier molecular flexibility index (Phi) is 5.99. The van der Waals surface area contributed by atoms with Crippen molar-refractivity contribution in [2.24, 2.45) is 0 Å².